The summed E-state index contributed by atoms with van der Waals surface area (Å²) in [5, 5.41) is 6.40. The number of nitrogens with one attached hydrogen (secondary N) is 2. The van der Waals surface area contributed by atoms with Crippen LogP contribution in [0.5, 0.6) is 5.75 Å². The van der Waals surface area contributed by atoms with E-state index in [0.29, 0.717) is 36.3 Å². The predicted octanol–water partition coefficient (Wildman–Crippen LogP) is 3.93. The first-order valence-corrected chi connectivity index (χ1v) is 14.4. The molecule has 1 unspecified atom stereocenters. The zero-order valence-electron chi connectivity index (χ0n) is 23.8. The first-order valence-electron chi connectivity index (χ1n) is 14.4. The first-order chi connectivity index (χ1) is 19.9. The van der Waals surface area contributed by atoms with Crippen LogP contribution in [0, 0.1) is 0 Å². The lowest BCUT2D eigenvalue weighted by atomic mass is 9.89. The number of carbonyl (C=O) groups is 2. The maximum atomic E-state index is 12.9. The minimum Gasteiger partial charge on any atom is -0.494 e. The number of nitrogens with zero attached hydrogens (tertiary/aromatic N) is 4. The fraction of sp³-hybridized carbons (Fsp3) is 0.419. The second kappa shape index (κ2) is 13.0. The summed E-state index contributed by atoms with van der Waals surface area (Å²) >= 11 is 0. The Hall–Kier alpha value is -4.18. The Kier molecular flexibility index (Phi) is 8.98. The molecule has 216 valence electrons. The number of anilines is 3. The Morgan fingerprint density at radius 1 is 1.02 bits per heavy atom. The number of aromatic nitrogens is 2. The van der Waals surface area contributed by atoms with Crippen molar-refractivity contribution < 1.29 is 14.3 Å². The van der Waals surface area contributed by atoms with Gasteiger partial charge in [-0.15, -0.1) is 0 Å². The smallest absolute Gasteiger partial charge is 0.271 e. The molecule has 41 heavy (non-hydrogen) atoms. The summed E-state index contributed by atoms with van der Waals surface area (Å²) in [7, 11) is 2.16. The summed E-state index contributed by atoms with van der Waals surface area (Å²) in [6, 6.07) is 15.4. The highest BCUT2D eigenvalue weighted by Gasteiger charge is 2.25. The van der Waals surface area contributed by atoms with Crippen molar-refractivity contribution in [3.05, 3.63) is 71.5 Å². The summed E-state index contributed by atoms with van der Waals surface area (Å²) in [5.74, 6) is 1.48. The van der Waals surface area contributed by atoms with Crippen LogP contribution in [0.25, 0.3) is 0 Å². The van der Waals surface area contributed by atoms with Crippen LogP contribution < -0.4 is 26.0 Å². The number of carbonyl (C=O) groups excluding carboxylic acids is 2. The number of primary amides is 1. The Morgan fingerprint density at radius 3 is 2.44 bits per heavy atom. The Balaban J connectivity index is 1.26. The molecule has 2 aromatic carbocycles. The fourth-order valence-electron chi connectivity index (χ4n) is 5.56. The van der Waals surface area contributed by atoms with Gasteiger partial charge in [0.15, 0.2) is 11.5 Å². The van der Waals surface area contributed by atoms with E-state index >= 15 is 0 Å². The van der Waals surface area contributed by atoms with Gasteiger partial charge in [-0.1, -0.05) is 12.1 Å². The molecule has 3 heterocycles. The van der Waals surface area contributed by atoms with Crippen LogP contribution in [-0.2, 0) is 0 Å². The molecular formula is C31H39N7O3. The number of ether oxygens (including phenoxy) is 1. The third-order valence-electron chi connectivity index (χ3n) is 7.86. The summed E-state index contributed by atoms with van der Waals surface area (Å²) in [6.45, 7) is 6.07. The number of nitrogens with two attached hydrogens (primary N) is 1. The van der Waals surface area contributed by atoms with E-state index < -0.39 is 5.91 Å². The number of rotatable bonds is 9. The van der Waals surface area contributed by atoms with E-state index in [2.05, 4.69) is 44.6 Å². The van der Waals surface area contributed by atoms with E-state index in [4.69, 9.17) is 15.5 Å². The van der Waals surface area contributed by atoms with Gasteiger partial charge in [-0.05, 0) is 101 Å². The van der Waals surface area contributed by atoms with Gasteiger partial charge < -0.3 is 30.9 Å². The van der Waals surface area contributed by atoms with Crippen molar-refractivity contribution >= 4 is 29.1 Å². The Bertz CT molecular complexity index is 1340. The van der Waals surface area contributed by atoms with E-state index in [9.17, 15) is 9.59 Å². The van der Waals surface area contributed by atoms with Crippen molar-refractivity contribution in [1.82, 2.24) is 20.2 Å². The Labute approximate surface area is 241 Å². The fourth-order valence-corrected chi connectivity index (χ4v) is 5.56. The molecule has 2 amide bonds. The van der Waals surface area contributed by atoms with Crippen LogP contribution in [0.2, 0.25) is 0 Å². The number of benzene rings is 2. The van der Waals surface area contributed by atoms with Gasteiger partial charge in [0.05, 0.1) is 12.8 Å². The number of hydrogen-bond donors (Lipinski definition) is 3. The molecule has 5 rings (SSSR count). The molecule has 0 aliphatic carbocycles. The van der Waals surface area contributed by atoms with Crippen molar-refractivity contribution in [3.8, 4) is 5.75 Å². The lowest BCUT2D eigenvalue weighted by molar-refractivity contribution is 0.0931. The van der Waals surface area contributed by atoms with Crippen LogP contribution in [-0.4, -0.2) is 72.6 Å². The molecule has 4 N–H and O–H groups in total. The Morgan fingerprint density at radius 2 is 1.76 bits per heavy atom. The van der Waals surface area contributed by atoms with E-state index in [-0.39, 0.29) is 17.6 Å². The minimum absolute atomic E-state index is 0.0519. The van der Waals surface area contributed by atoms with E-state index in [1.807, 2.05) is 19.1 Å². The highest BCUT2D eigenvalue weighted by molar-refractivity contribution is 5.96. The predicted molar refractivity (Wildman–Crippen MR) is 160 cm³/mol. The van der Waals surface area contributed by atoms with Gasteiger partial charge in [0, 0.05) is 30.4 Å². The van der Waals surface area contributed by atoms with E-state index in [0.717, 1.165) is 56.8 Å². The normalized spacial score (nSPS) is 18.1. The van der Waals surface area contributed by atoms with Crippen molar-refractivity contribution in [2.45, 2.75) is 44.6 Å². The maximum absolute atomic E-state index is 12.9. The zero-order chi connectivity index (χ0) is 28.8. The number of hydrogen-bond acceptors (Lipinski definition) is 8. The van der Waals surface area contributed by atoms with E-state index in [1.54, 1.807) is 30.5 Å². The van der Waals surface area contributed by atoms with Crippen LogP contribution in [0.15, 0.2) is 54.7 Å². The molecule has 2 saturated heterocycles. The van der Waals surface area contributed by atoms with Crippen molar-refractivity contribution in [2.75, 3.05) is 50.1 Å². The first kappa shape index (κ1) is 28.4. The quantitative estimate of drug-likeness (QED) is 0.361. The summed E-state index contributed by atoms with van der Waals surface area (Å²) < 4.78 is 5.47. The van der Waals surface area contributed by atoms with Gasteiger partial charge in [-0.3, -0.25) is 9.59 Å². The highest BCUT2D eigenvalue weighted by Crippen LogP contribution is 2.29. The van der Waals surface area contributed by atoms with E-state index in [1.165, 1.54) is 5.56 Å². The molecule has 0 bridgehead atoms. The van der Waals surface area contributed by atoms with Gasteiger partial charge in [0.1, 0.15) is 11.6 Å². The standard InChI is InChI=1S/C31H39N7O3/c1-3-41-26-12-8-23(9-13-26)31(40)35-25-5-4-16-38(20-25)27-19-33-28(29(32)39)30(36-27)34-24-10-6-21(7-11-24)22-14-17-37(2)18-15-22/h6-13,19,22,25H,3-5,14-18,20H2,1-2H3,(H2,32,39)(H,34,36)(H,35,40). The average Bonchev–Trinajstić information content (AvgIpc) is 2.98. The van der Waals surface area contributed by atoms with Crippen LogP contribution >= 0.6 is 0 Å². The van der Waals surface area contributed by atoms with Crippen molar-refractivity contribution in [3.63, 3.8) is 0 Å². The average molecular weight is 558 g/mol. The second-order valence-electron chi connectivity index (χ2n) is 10.8. The molecule has 0 spiro atoms. The molecule has 0 saturated carbocycles. The molecule has 0 radical (unpaired) electrons. The summed E-state index contributed by atoms with van der Waals surface area (Å²) in [5.41, 5.74) is 8.45. The number of piperidine rings is 2. The molecule has 3 aromatic rings. The molecule has 10 heteroatoms. The molecule has 2 fully saturated rings. The molecule has 1 atom stereocenters. The lowest BCUT2D eigenvalue weighted by Crippen LogP contribution is -2.48. The zero-order valence-corrected chi connectivity index (χ0v) is 23.8. The van der Waals surface area contributed by atoms with Crippen LogP contribution in [0.4, 0.5) is 17.3 Å². The molecular weight excluding hydrogens is 518 g/mol. The minimum atomic E-state index is -0.645. The van der Waals surface area contributed by atoms with Gasteiger partial charge in [0.25, 0.3) is 11.8 Å². The molecule has 1 aromatic heterocycles. The number of amides is 2. The van der Waals surface area contributed by atoms with Gasteiger partial charge in [0.2, 0.25) is 0 Å². The largest absolute Gasteiger partial charge is 0.494 e. The van der Waals surface area contributed by atoms with Crippen LogP contribution in [0.1, 0.15) is 64.9 Å². The number of likely N-dealkylation sites (tertiary alicyclic amines) is 1. The third-order valence-corrected chi connectivity index (χ3v) is 7.86. The van der Waals surface area contributed by atoms with Crippen LogP contribution in [0.3, 0.4) is 0 Å². The molecule has 10 nitrogen and oxygen atoms in total. The monoisotopic (exact) mass is 557 g/mol. The summed E-state index contributed by atoms with van der Waals surface area (Å²) in [6.07, 6.45) is 5.63. The summed E-state index contributed by atoms with van der Waals surface area (Å²) in [4.78, 5) is 38.6. The highest BCUT2D eigenvalue weighted by atomic mass is 16.5. The SMILES string of the molecule is CCOc1ccc(C(=O)NC2CCCN(c3cnc(C(N)=O)c(Nc4ccc(C5CCN(C)CC5)cc4)n3)C2)cc1. The van der Waals surface area contributed by atoms with Gasteiger partial charge in [-0.25, -0.2) is 9.97 Å². The van der Waals surface area contributed by atoms with Crippen molar-refractivity contribution in [1.29, 1.82) is 0 Å². The maximum Gasteiger partial charge on any atom is 0.271 e. The topological polar surface area (TPSA) is 126 Å². The molecule has 2 aliphatic rings. The third kappa shape index (κ3) is 7.13. The van der Waals surface area contributed by atoms with Gasteiger partial charge >= 0.3 is 0 Å². The second-order valence-corrected chi connectivity index (χ2v) is 10.8. The van der Waals surface area contributed by atoms with Crippen molar-refractivity contribution in [2.24, 2.45) is 5.73 Å². The van der Waals surface area contributed by atoms with Gasteiger partial charge in [-0.2, -0.15) is 0 Å². The molecule has 2 aliphatic heterocycles. The lowest BCUT2D eigenvalue weighted by Gasteiger charge is -2.34.